The van der Waals surface area contributed by atoms with Gasteiger partial charge in [0.2, 0.25) is 11.8 Å². The molecule has 2 amide bonds. The maximum Gasteiger partial charge on any atom is 0.244 e. The number of anilines is 1. The molecule has 1 aliphatic heterocycles. The Morgan fingerprint density at radius 2 is 1.93 bits per heavy atom. The Hall–Kier alpha value is -2.96. The Kier molecular flexibility index (Phi) is 6.01. The molecule has 2 heterocycles. The van der Waals surface area contributed by atoms with Gasteiger partial charge in [-0.25, -0.2) is 9.37 Å². The van der Waals surface area contributed by atoms with Crippen LogP contribution >= 0.6 is 0 Å². The van der Waals surface area contributed by atoms with Crippen LogP contribution in [-0.2, 0) is 16.0 Å². The van der Waals surface area contributed by atoms with Crippen molar-refractivity contribution in [3.05, 3.63) is 60.0 Å². The number of carbonyl (C=O) groups excluding carboxylic acids is 2. The van der Waals surface area contributed by atoms with Crippen LogP contribution in [0.3, 0.4) is 0 Å². The summed E-state index contributed by atoms with van der Waals surface area (Å²) >= 11 is 0. The van der Waals surface area contributed by atoms with Crippen LogP contribution < -0.4 is 10.2 Å². The summed E-state index contributed by atoms with van der Waals surface area (Å²) in [5.41, 5.74) is 0.580. The molecule has 142 valence electrons. The number of nitrogens with one attached hydrogen (secondary N) is 1. The van der Waals surface area contributed by atoms with Crippen LogP contribution in [0.15, 0.2) is 48.7 Å². The summed E-state index contributed by atoms with van der Waals surface area (Å²) < 4.78 is 13.2. The molecule has 1 saturated heterocycles. The molecule has 2 aromatic rings. The van der Waals surface area contributed by atoms with Crippen molar-refractivity contribution in [1.29, 1.82) is 0 Å². The van der Waals surface area contributed by atoms with E-state index in [9.17, 15) is 14.0 Å². The summed E-state index contributed by atoms with van der Waals surface area (Å²) in [5.74, 6) is 0.119. The molecular weight excluding hydrogens is 347 g/mol. The second kappa shape index (κ2) is 8.62. The van der Waals surface area contributed by atoms with Gasteiger partial charge in [0.05, 0.1) is 6.42 Å². The number of amides is 2. The van der Waals surface area contributed by atoms with Crippen LogP contribution in [-0.4, -0.2) is 53.9 Å². The van der Waals surface area contributed by atoms with E-state index in [1.165, 1.54) is 12.1 Å². The standard InChI is InChI=1S/C20H23FN4O2/c1-15(23-19(26)14-16-5-4-6-17(21)13-16)20(27)25-11-9-24(10-12-25)18-7-2-3-8-22-18/h2-8,13,15H,9-12,14H2,1H3,(H,23,26). The number of carbonyl (C=O) groups is 2. The van der Waals surface area contributed by atoms with Gasteiger partial charge in [-0.05, 0) is 36.8 Å². The van der Waals surface area contributed by atoms with Crippen molar-refractivity contribution in [2.24, 2.45) is 0 Å². The fourth-order valence-electron chi connectivity index (χ4n) is 3.16. The van der Waals surface area contributed by atoms with Crippen molar-refractivity contribution in [3.8, 4) is 0 Å². The molecular formula is C20H23FN4O2. The lowest BCUT2D eigenvalue weighted by Crippen LogP contribution is -2.54. The molecule has 3 rings (SSSR count). The maximum absolute atomic E-state index is 13.2. The van der Waals surface area contributed by atoms with Gasteiger partial charge in [0.1, 0.15) is 17.7 Å². The highest BCUT2D eigenvalue weighted by atomic mass is 19.1. The number of aromatic nitrogens is 1. The van der Waals surface area contributed by atoms with E-state index in [4.69, 9.17) is 0 Å². The number of pyridine rings is 1. The summed E-state index contributed by atoms with van der Waals surface area (Å²) in [6.45, 7) is 4.25. The van der Waals surface area contributed by atoms with Crippen molar-refractivity contribution in [3.63, 3.8) is 0 Å². The van der Waals surface area contributed by atoms with Crippen molar-refractivity contribution >= 4 is 17.6 Å². The number of piperazine rings is 1. The van der Waals surface area contributed by atoms with Crippen LogP contribution in [0, 0.1) is 5.82 Å². The Labute approximate surface area is 158 Å². The van der Waals surface area contributed by atoms with Crippen LogP contribution in [0.25, 0.3) is 0 Å². The van der Waals surface area contributed by atoms with Gasteiger partial charge in [-0.1, -0.05) is 18.2 Å². The zero-order chi connectivity index (χ0) is 19.2. The first-order valence-electron chi connectivity index (χ1n) is 9.01. The fraction of sp³-hybridized carbons (Fsp3) is 0.350. The smallest absolute Gasteiger partial charge is 0.244 e. The third-order valence-corrected chi connectivity index (χ3v) is 4.57. The van der Waals surface area contributed by atoms with Gasteiger partial charge in [0.15, 0.2) is 0 Å². The predicted molar refractivity (Wildman–Crippen MR) is 101 cm³/mol. The summed E-state index contributed by atoms with van der Waals surface area (Å²) in [4.78, 5) is 33.0. The molecule has 1 aliphatic rings. The Morgan fingerprint density at radius 3 is 2.59 bits per heavy atom. The lowest BCUT2D eigenvalue weighted by Gasteiger charge is -2.36. The Morgan fingerprint density at radius 1 is 1.15 bits per heavy atom. The molecule has 0 bridgehead atoms. The number of hydrogen-bond acceptors (Lipinski definition) is 4. The van der Waals surface area contributed by atoms with Crippen molar-refractivity contribution in [2.45, 2.75) is 19.4 Å². The van der Waals surface area contributed by atoms with Crippen LogP contribution in [0.4, 0.5) is 10.2 Å². The van der Waals surface area contributed by atoms with E-state index < -0.39 is 6.04 Å². The molecule has 1 fully saturated rings. The minimum Gasteiger partial charge on any atom is -0.353 e. The third kappa shape index (κ3) is 5.03. The second-order valence-corrected chi connectivity index (χ2v) is 6.60. The highest BCUT2D eigenvalue weighted by molar-refractivity contribution is 5.88. The first kappa shape index (κ1) is 18.8. The lowest BCUT2D eigenvalue weighted by molar-refractivity contribution is -0.136. The van der Waals surface area contributed by atoms with E-state index in [2.05, 4.69) is 15.2 Å². The summed E-state index contributed by atoms with van der Waals surface area (Å²) in [6, 6.07) is 11.0. The molecule has 0 radical (unpaired) electrons. The largest absolute Gasteiger partial charge is 0.353 e. The maximum atomic E-state index is 13.2. The van der Waals surface area contributed by atoms with Crippen molar-refractivity contribution in [2.75, 3.05) is 31.1 Å². The molecule has 1 aromatic heterocycles. The molecule has 0 spiro atoms. The van der Waals surface area contributed by atoms with Gasteiger partial charge in [-0.15, -0.1) is 0 Å². The molecule has 6 nitrogen and oxygen atoms in total. The van der Waals surface area contributed by atoms with Crippen LogP contribution in [0.5, 0.6) is 0 Å². The van der Waals surface area contributed by atoms with Gasteiger partial charge in [-0.3, -0.25) is 9.59 Å². The Balaban J connectivity index is 1.48. The zero-order valence-corrected chi connectivity index (χ0v) is 15.3. The van der Waals surface area contributed by atoms with Gasteiger partial charge < -0.3 is 15.1 Å². The average molecular weight is 370 g/mol. The van der Waals surface area contributed by atoms with E-state index in [-0.39, 0.29) is 24.1 Å². The molecule has 27 heavy (non-hydrogen) atoms. The summed E-state index contributed by atoms with van der Waals surface area (Å²) in [5, 5.41) is 2.71. The molecule has 0 aliphatic carbocycles. The normalized spacial score (nSPS) is 15.3. The van der Waals surface area contributed by atoms with E-state index in [1.807, 2.05) is 18.2 Å². The fourth-order valence-corrected chi connectivity index (χ4v) is 3.16. The molecule has 0 saturated carbocycles. The van der Waals surface area contributed by atoms with Gasteiger partial charge in [-0.2, -0.15) is 0 Å². The van der Waals surface area contributed by atoms with E-state index >= 15 is 0 Å². The Bertz CT molecular complexity index is 792. The predicted octanol–water partition coefficient (Wildman–Crippen LogP) is 1.62. The number of rotatable bonds is 5. The topological polar surface area (TPSA) is 65.5 Å². The van der Waals surface area contributed by atoms with E-state index in [0.717, 1.165) is 5.82 Å². The van der Waals surface area contributed by atoms with Gasteiger partial charge in [0, 0.05) is 32.4 Å². The van der Waals surface area contributed by atoms with Crippen molar-refractivity contribution in [1.82, 2.24) is 15.2 Å². The minimum absolute atomic E-state index is 0.0445. The zero-order valence-electron chi connectivity index (χ0n) is 15.3. The number of nitrogens with zero attached hydrogens (tertiary/aromatic N) is 3. The van der Waals surface area contributed by atoms with Gasteiger partial charge in [0.25, 0.3) is 0 Å². The third-order valence-electron chi connectivity index (χ3n) is 4.57. The van der Waals surface area contributed by atoms with Crippen LogP contribution in [0.1, 0.15) is 12.5 Å². The molecule has 1 unspecified atom stereocenters. The first-order chi connectivity index (χ1) is 13.0. The van der Waals surface area contributed by atoms with E-state index in [1.54, 1.807) is 30.2 Å². The summed E-state index contributed by atoms with van der Waals surface area (Å²) in [7, 11) is 0. The van der Waals surface area contributed by atoms with Crippen molar-refractivity contribution < 1.29 is 14.0 Å². The average Bonchev–Trinajstić information content (AvgIpc) is 2.68. The quantitative estimate of drug-likeness (QED) is 0.869. The number of halogens is 1. The SMILES string of the molecule is CC(NC(=O)Cc1cccc(F)c1)C(=O)N1CCN(c2ccccn2)CC1. The highest BCUT2D eigenvalue weighted by Crippen LogP contribution is 2.13. The lowest BCUT2D eigenvalue weighted by atomic mass is 10.1. The number of benzene rings is 1. The first-order valence-corrected chi connectivity index (χ1v) is 9.01. The molecule has 1 aromatic carbocycles. The minimum atomic E-state index is -0.618. The highest BCUT2D eigenvalue weighted by Gasteiger charge is 2.26. The summed E-state index contributed by atoms with van der Waals surface area (Å²) in [6.07, 6.45) is 1.80. The molecule has 1 atom stereocenters. The molecule has 7 heteroatoms. The van der Waals surface area contributed by atoms with Crippen LogP contribution in [0.2, 0.25) is 0 Å². The monoisotopic (exact) mass is 370 g/mol. The number of hydrogen-bond donors (Lipinski definition) is 1. The van der Waals surface area contributed by atoms with Gasteiger partial charge >= 0.3 is 0 Å². The van der Waals surface area contributed by atoms with E-state index in [0.29, 0.717) is 31.7 Å². The molecule has 1 N–H and O–H groups in total. The second-order valence-electron chi connectivity index (χ2n) is 6.60.